The second kappa shape index (κ2) is 12.4. The van der Waals surface area contributed by atoms with Crippen molar-refractivity contribution < 1.29 is 35.0 Å². The molecule has 100 valence electrons. The fourth-order valence-electron chi connectivity index (χ4n) is 2.03. The molecule has 0 radical (unpaired) electrons. The van der Waals surface area contributed by atoms with Crippen molar-refractivity contribution in [2.75, 3.05) is 0 Å². The van der Waals surface area contributed by atoms with Gasteiger partial charge >= 0.3 is 33.9 Å². The molecule has 1 aromatic carbocycles. The Bertz CT molecular complexity index is 404. The Morgan fingerprint density at radius 2 is 1.37 bits per heavy atom. The summed E-state index contributed by atoms with van der Waals surface area (Å²) in [5, 5.41) is 0. The zero-order valence-corrected chi connectivity index (χ0v) is 14.2. The molecule has 0 aliphatic heterocycles. The third-order valence-electron chi connectivity index (χ3n) is 2.90. The van der Waals surface area contributed by atoms with Crippen LogP contribution in [0.4, 0.5) is 0 Å². The second-order valence-corrected chi connectivity index (χ2v) is 10.3. The smallest absolute Gasteiger partial charge is 0 e. The zero-order chi connectivity index (χ0) is 14.8. The summed E-state index contributed by atoms with van der Waals surface area (Å²) in [4.78, 5) is 0. The van der Waals surface area contributed by atoms with Crippen molar-refractivity contribution in [1.82, 2.24) is 0 Å². The van der Waals surface area contributed by atoms with Crippen molar-refractivity contribution >= 4 is 8.07 Å². The minimum Gasteiger partial charge on any atom is 0 e. The van der Waals surface area contributed by atoms with E-state index in [2.05, 4.69) is 63.9 Å². The van der Waals surface area contributed by atoms with Crippen LogP contribution in [-0.2, 0) is 41.4 Å². The topological polar surface area (TPSA) is 59.7 Å². The molecular weight excluding hydrogens is 340 g/mol. The second-order valence-electron chi connectivity index (χ2n) is 4.82. The van der Waals surface area contributed by atoms with Crippen LogP contribution in [0.5, 0.6) is 0 Å². The molecule has 5 heteroatoms. The molecule has 2 rings (SSSR count). The fourth-order valence-corrected chi connectivity index (χ4v) is 4.08. The fraction of sp³-hybridized carbons (Fsp3) is 0.357. The minimum absolute atomic E-state index is 0. The Morgan fingerprint density at radius 1 is 0.947 bits per heavy atom. The van der Waals surface area contributed by atoms with E-state index in [1.807, 2.05) is 0 Å². The third-order valence-corrected chi connectivity index (χ3v) is 5.51. The zero-order valence-electron chi connectivity index (χ0n) is 11.2. The van der Waals surface area contributed by atoms with Gasteiger partial charge in [-0.3, -0.25) is 0 Å². The summed E-state index contributed by atoms with van der Waals surface area (Å²) in [6, 6.07) is 8.90. The van der Waals surface area contributed by atoms with Crippen LogP contribution in [0.15, 0.2) is 24.3 Å². The Morgan fingerprint density at radius 3 is 1.74 bits per heavy atom. The van der Waals surface area contributed by atoms with Crippen molar-refractivity contribution in [3.05, 3.63) is 55.3 Å². The molecule has 1 unspecified atom stereocenters. The molecule has 3 nitrogen and oxygen atoms in total. The maximum atomic E-state index is 7.50. The predicted molar refractivity (Wildman–Crippen MR) is 68.0 cm³/mol. The summed E-state index contributed by atoms with van der Waals surface area (Å²) >= 11 is 0. The molecule has 19 heavy (non-hydrogen) atoms. The summed E-state index contributed by atoms with van der Waals surface area (Å²) in [6.45, 7) is 20.9. The third kappa shape index (κ3) is 6.89. The number of benzene rings is 1. The molecular formula is C14H16MoO3Si. The predicted octanol–water partition coefficient (Wildman–Crippen LogP) is 3.09. The Hall–Kier alpha value is -0.655. The monoisotopic (exact) mass is 358 g/mol. The largest absolute Gasteiger partial charge is 0 e. The average Bonchev–Trinajstić information content (AvgIpc) is 2.37. The maximum absolute atomic E-state index is 7.50. The molecule has 1 aliphatic rings. The van der Waals surface area contributed by atoms with E-state index in [9.17, 15) is 0 Å². The van der Waals surface area contributed by atoms with Gasteiger partial charge in [0.25, 0.3) is 0 Å². The van der Waals surface area contributed by atoms with Crippen LogP contribution in [0.2, 0.25) is 19.6 Å². The van der Waals surface area contributed by atoms with Crippen LogP contribution in [0.1, 0.15) is 16.7 Å². The number of rotatable bonds is 1. The van der Waals surface area contributed by atoms with Gasteiger partial charge < -0.3 is 0 Å². The first-order valence-electron chi connectivity index (χ1n) is 5.28. The normalized spacial score (nSPS) is 13.8. The molecule has 0 aromatic heterocycles. The van der Waals surface area contributed by atoms with E-state index in [1.54, 1.807) is 11.1 Å². The molecule has 0 fully saturated rings. The van der Waals surface area contributed by atoms with Crippen molar-refractivity contribution in [3.8, 4) is 0 Å². The SMILES string of the molecule is C[Si](C)(C)C1Cc2ccccc21.[C-]#[O+].[C-]#[O+].[C-]#[O+].[Mo]. The van der Waals surface area contributed by atoms with Crippen LogP contribution in [0.3, 0.4) is 0 Å². The maximum Gasteiger partial charge on any atom is 0 e. The molecule has 1 aromatic rings. The van der Waals surface area contributed by atoms with Crippen molar-refractivity contribution in [2.24, 2.45) is 0 Å². The van der Waals surface area contributed by atoms with Crippen LogP contribution < -0.4 is 0 Å². The molecule has 0 saturated carbocycles. The van der Waals surface area contributed by atoms with Gasteiger partial charge in [-0.15, -0.1) is 0 Å². The van der Waals surface area contributed by atoms with Gasteiger partial charge in [0.2, 0.25) is 0 Å². The van der Waals surface area contributed by atoms with Gasteiger partial charge in [0.1, 0.15) is 0 Å². The summed E-state index contributed by atoms with van der Waals surface area (Å²) in [7, 11) is -0.925. The average molecular weight is 356 g/mol. The molecule has 0 heterocycles. The van der Waals surface area contributed by atoms with Crippen LogP contribution >= 0.6 is 0 Å². The van der Waals surface area contributed by atoms with Gasteiger partial charge in [-0.05, 0) is 23.1 Å². The molecule has 1 atom stereocenters. The van der Waals surface area contributed by atoms with Gasteiger partial charge in [0.15, 0.2) is 0 Å². The summed E-state index contributed by atoms with van der Waals surface area (Å²) in [6.07, 6.45) is 1.34. The van der Waals surface area contributed by atoms with E-state index in [-0.39, 0.29) is 21.1 Å². The van der Waals surface area contributed by atoms with Gasteiger partial charge in [-0.25, -0.2) is 0 Å². The molecule has 0 amide bonds. The summed E-state index contributed by atoms with van der Waals surface area (Å²) < 4.78 is 22.5. The summed E-state index contributed by atoms with van der Waals surface area (Å²) in [5.41, 5.74) is 4.15. The summed E-state index contributed by atoms with van der Waals surface area (Å²) in [5.74, 6) is 0. The van der Waals surface area contributed by atoms with E-state index in [1.165, 1.54) is 6.42 Å². The van der Waals surface area contributed by atoms with Crippen LogP contribution in [0.25, 0.3) is 0 Å². The molecule has 0 saturated heterocycles. The van der Waals surface area contributed by atoms with Gasteiger partial charge in [0, 0.05) is 21.1 Å². The molecule has 1 aliphatic carbocycles. The van der Waals surface area contributed by atoms with Gasteiger partial charge in [-0.2, -0.15) is 0 Å². The first kappa shape index (κ1) is 23.4. The minimum atomic E-state index is -0.925. The Labute approximate surface area is 130 Å². The van der Waals surface area contributed by atoms with E-state index in [0.29, 0.717) is 0 Å². The van der Waals surface area contributed by atoms with E-state index in [4.69, 9.17) is 14.0 Å². The van der Waals surface area contributed by atoms with Crippen LogP contribution in [0, 0.1) is 20.0 Å². The van der Waals surface area contributed by atoms with Gasteiger partial charge in [0.05, 0.1) is 8.07 Å². The standard InChI is InChI=1S/C11H16Si.3CO.Mo/c1-12(2,3)11-8-9-6-4-5-7-10(9)11;3*1-2;/h4-7,11H,8H2,1-3H3;;;;. The quantitative estimate of drug-likeness (QED) is 0.422. The molecule has 0 bridgehead atoms. The number of fused-ring (bicyclic) bond motifs is 1. The van der Waals surface area contributed by atoms with E-state index in [0.717, 1.165) is 5.54 Å². The molecule has 0 N–H and O–H groups in total. The van der Waals surface area contributed by atoms with E-state index < -0.39 is 8.07 Å². The first-order valence-corrected chi connectivity index (χ1v) is 8.86. The van der Waals surface area contributed by atoms with Gasteiger partial charge in [-0.1, -0.05) is 43.9 Å². The van der Waals surface area contributed by atoms with E-state index >= 15 is 0 Å². The molecule has 0 spiro atoms. The van der Waals surface area contributed by atoms with Crippen molar-refractivity contribution in [2.45, 2.75) is 31.6 Å². The Kier molecular flexibility index (Phi) is 15.3. The number of hydrogen-bond acceptors (Lipinski definition) is 0. The first-order chi connectivity index (χ1) is 8.59. The van der Waals surface area contributed by atoms with Crippen molar-refractivity contribution in [1.29, 1.82) is 0 Å². The van der Waals surface area contributed by atoms with Crippen LogP contribution in [-0.4, -0.2) is 8.07 Å². The van der Waals surface area contributed by atoms with Crippen molar-refractivity contribution in [3.63, 3.8) is 0 Å². The number of hydrogen-bond donors (Lipinski definition) is 0. The Balaban J connectivity index is -0.000000325.